The molecule has 4 N–H and O–H groups in total. The first-order valence-corrected chi connectivity index (χ1v) is 12.7. The third-order valence-corrected chi connectivity index (χ3v) is 6.99. The molecule has 0 spiro atoms. The average molecular weight is 560 g/mol. The molecule has 2 aromatic carbocycles. The number of anilines is 2. The number of pyridine rings is 1. The van der Waals surface area contributed by atoms with Crippen molar-refractivity contribution in [3.63, 3.8) is 0 Å². The van der Waals surface area contributed by atoms with Crippen LogP contribution in [0.1, 0.15) is 29.6 Å². The predicted molar refractivity (Wildman–Crippen MR) is 145 cm³/mol. The Kier molecular flexibility index (Phi) is 6.63. The van der Waals surface area contributed by atoms with E-state index in [2.05, 4.69) is 30.9 Å². The molecule has 0 bridgehead atoms. The number of aromatic nitrogens is 5. The van der Waals surface area contributed by atoms with Crippen LogP contribution in [0.4, 0.5) is 20.3 Å². The van der Waals surface area contributed by atoms with Crippen LogP contribution in [0.2, 0.25) is 0 Å². The third kappa shape index (κ3) is 4.98. The molecule has 0 unspecified atom stereocenters. The summed E-state index contributed by atoms with van der Waals surface area (Å²) >= 11 is 0. The summed E-state index contributed by atoms with van der Waals surface area (Å²) in [5.41, 5.74) is -0.657. The molecule has 41 heavy (non-hydrogen) atoms. The number of H-pyrrole nitrogens is 1. The zero-order valence-electron chi connectivity index (χ0n) is 21.4. The van der Waals surface area contributed by atoms with E-state index in [-0.39, 0.29) is 35.0 Å². The normalized spacial score (nSPS) is 13.9. The molecule has 13 heteroatoms. The predicted octanol–water partition coefficient (Wildman–Crippen LogP) is 4.15. The van der Waals surface area contributed by atoms with E-state index in [1.165, 1.54) is 54.9 Å². The lowest BCUT2D eigenvalue weighted by molar-refractivity contribution is 0.102. The van der Waals surface area contributed by atoms with Gasteiger partial charge in [0.05, 0.1) is 17.8 Å². The maximum absolute atomic E-state index is 15.1. The molecule has 0 radical (unpaired) electrons. The number of hydrogen-bond donors (Lipinski definition) is 4. The van der Waals surface area contributed by atoms with Crippen LogP contribution in [0, 0.1) is 11.6 Å². The van der Waals surface area contributed by atoms with Crippen LogP contribution < -0.4 is 20.9 Å². The van der Waals surface area contributed by atoms with E-state index in [1.54, 1.807) is 6.07 Å². The first-order valence-electron chi connectivity index (χ1n) is 12.7. The maximum Gasteiger partial charge on any atom is 0.284 e. The number of nitrogens with one attached hydrogen (secondary N) is 3. The van der Waals surface area contributed by atoms with Gasteiger partial charge in [-0.3, -0.25) is 14.7 Å². The Morgan fingerprint density at radius 3 is 2.59 bits per heavy atom. The molecule has 11 nitrogen and oxygen atoms in total. The highest BCUT2D eigenvalue weighted by molar-refractivity contribution is 6.04. The van der Waals surface area contributed by atoms with Crippen LogP contribution in [-0.4, -0.2) is 48.1 Å². The lowest BCUT2D eigenvalue weighted by Crippen LogP contribution is -2.48. The fourth-order valence-electron chi connectivity index (χ4n) is 4.60. The summed E-state index contributed by atoms with van der Waals surface area (Å²) < 4.78 is 35.2. The molecule has 3 heterocycles. The minimum absolute atomic E-state index is 0.0564. The number of ether oxygens (including phenoxy) is 1. The van der Waals surface area contributed by atoms with Gasteiger partial charge in [-0.05, 0) is 61.7 Å². The standard InChI is InChI=1S/C28H23F2N7O4/c29-16-2-5-18(6-3-16)37-27(40)19(8-13-32-37)26(39)33-17-4-7-21(20(30)14-17)41-22-9-12-31-24-23(22)25(36-35-24)34-28(15-38)10-1-11-28/h2-9,12-14,38H,1,10-11,15H2,(H,33,39)(H2,31,34,35,36). The molecule has 5 aromatic rings. The molecule has 1 aliphatic carbocycles. The van der Waals surface area contributed by atoms with Gasteiger partial charge in [0.1, 0.15) is 22.5 Å². The van der Waals surface area contributed by atoms with Gasteiger partial charge in [-0.15, -0.1) is 0 Å². The number of nitrogens with zero attached hydrogens (tertiary/aromatic N) is 4. The second-order valence-corrected chi connectivity index (χ2v) is 9.66. The quantitative estimate of drug-likeness (QED) is 0.222. The van der Waals surface area contributed by atoms with Crippen LogP contribution in [0.3, 0.4) is 0 Å². The van der Waals surface area contributed by atoms with Crippen LogP contribution in [0.5, 0.6) is 11.5 Å². The topological polar surface area (TPSA) is 147 Å². The number of amides is 1. The van der Waals surface area contributed by atoms with E-state index in [0.29, 0.717) is 16.9 Å². The number of aromatic amines is 1. The highest BCUT2D eigenvalue weighted by Crippen LogP contribution is 2.39. The van der Waals surface area contributed by atoms with Gasteiger partial charge in [-0.1, -0.05) is 0 Å². The van der Waals surface area contributed by atoms with Gasteiger partial charge in [0.2, 0.25) is 0 Å². The lowest BCUT2D eigenvalue weighted by atomic mass is 9.77. The van der Waals surface area contributed by atoms with Crippen LogP contribution in [0.25, 0.3) is 16.7 Å². The van der Waals surface area contributed by atoms with Crippen molar-refractivity contribution in [2.75, 3.05) is 17.2 Å². The molecule has 0 saturated heterocycles. The van der Waals surface area contributed by atoms with Crippen molar-refractivity contribution in [1.82, 2.24) is 25.0 Å². The number of hydrogen-bond acceptors (Lipinski definition) is 8. The smallest absolute Gasteiger partial charge is 0.284 e. The maximum atomic E-state index is 15.1. The van der Waals surface area contributed by atoms with Gasteiger partial charge in [0.15, 0.2) is 23.0 Å². The van der Waals surface area contributed by atoms with Crippen LogP contribution in [0.15, 0.2) is 71.8 Å². The fraction of sp³-hybridized carbons (Fsp3) is 0.179. The number of carbonyl (C=O) groups is 1. The number of rotatable bonds is 8. The van der Waals surface area contributed by atoms with Gasteiger partial charge < -0.3 is 20.5 Å². The van der Waals surface area contributed by atoms with Crippen molar-refractivity contribution in [1.29, 1.82) is 0 Å². The molecule has 208 valence electrons. The molecule has 1 saturated carbocycles. The van der Waals surface area contributed by atoms with Crippen molar-refractivity contribution in [2.45, 2.75) is 24.8 Å². The van der Waals surface area contributed by atoms with Crippen molar-refractivity contribution >= 4 is 28.4 Å². The van der Waals surface area contributed by atoms with E-state index in [4.69, 9.17) is 4.74 Å². The molecule has 3 aromatic heterocycles. The largest absolute Gasteiger partial charge is 0.453 e. The summed E-state index contributed by atoms with van der Waals surface area (Å²) in [7, 11) is 0. The zero-order chi connectivity index (χ0) is 28.6. The second kappa shape index (κ2) is 10.4. The van der Waals surface area contributed by atoms with Gasteiger partial charge in [0, 0.05) is 30.2 Å². The summed E-state index contributed by atoms with van der Waals surface area (Å²) in [6, 6.07) is 11.7. The minimum atomic E-state index is -0.778. The molecule has 1 fully saturated rings. The van der Waals surface area contributed by atoms with Crippen LogP contribution in [-0.2, 0) is 0 Å². The second-order valence-electron chi connectivity index (χ2n) is 9.66. The summed E-state index contributed by atoms with van der Waals surface area (Å²) in [5.74, 6) is -1.43. The van der Waals surface area contributed by atoms with Crippen molar-refractivity contribution in [2.24, 2.45) is 0 Å². The van der Waals surface area contributed by atoms with E-state index in [1.807, 2.05) is 0 Å². The number of fused-ring (bicyclic) bond motifs is 1. The summed E-state index contributed by atoms with van der Waals surface area (Å²) in [6.45, 7) is -0.0564. The molecule has 6 rings (SSSR count). The molecular weight excluding hydrogens is 536 g/mol. The Morgan fingerprint density at radius 2 is 1.88 bits per heavy atom. The molecule has 1 amide bonds. The number of benzene rings is 2. The SMILES string of the molecule is O=C(Nc1ccc(Oc2ccnc3[nH]nc(NC4(CO)CCC4)c23)c(F)c1)c1ccnn(-c2ccc(F)cc2)c1=O. The average Bonchev–Trinajstić information content (AvgIpc) is 3.36. The Hall–Kier alpha value is -5.17. The van der Waals surface area contributed by atoms with Gasteiger partial charge in [-0.25, -0.2) is 13.8 Å². The number of aliphatic hydroxyl groups excluding tert-OH is 1. The third-order valence-electron chi connectivity index (χ3n) is 6.99. The van der Waals surface area contributed by atoms with E-state index in [0.717, 1.165) is 30.0 Å². The van der Waals surface area contributed by atoms with Crippen molar-refractivity contribution < 1.29 is 23.4 Å². The van der Waals surface area contributed by atoms with Gasteiger partial charge in [0.25, 0.3) is 11.5 Å². The highest BCUT2D eigenvalue weighted by Gasteiger charge is 2.37. The Labute approximate surface area is 230 Å². The Balaban J connectivity index is 1.22. The Bertz CT molecular complexity index is 1810. The number of carbonyl (C=O) groups excluding carboxylic acids is 1. The molecule has 1 aliphatic rings. The molecule has 0 aliphatic heterocycles. The molecular formula is C28H23F2N7O4. The van der Waals surface area contributed by atoms with Crippen molar-refractivity contribution in [3.8, 4) is 17.2 Å². The molecule has 0 atom stereocenters. The summed E-state index contributed by atoms with van der Waals surface area (Å²) in [6.07, 6.45) is 5.31. The first-order chi connectivity index (χ1) is 19.9. The minimum Gasteiger partial charge on any atom is -0.453 e. The lowest BCUT2D eigenvalue weighted by Gasteiger charge is -2.41. The fourth-order valence-corrected chi connectivity index (χ4v) is 4.60. The Morgan fingerprint density at radius 1 is 1.07 bits per heavy atom. The van der Waals surface area contributed by atoms with E-state index < -0.39 is 28.6 Å². The van der Waals surface area contributed by atoms with E-state index >= 15 is 4.39 Å². The highest BCUT2D eigenvalue weighted by atomic mass is 19.1. The van der Waals surface area contributed by atoms with E-state index in [9.17, 15) is 19.1 Å². The number of halogens is 2. The number of aliphatic hydroxyl groups is 1. The monoisotopic (exact) mass is 559 g/mol. The zero-order valence-corrected chi connectivity index (χ0v) is 21.4. The van der Waals surface area contributed by atoms with Crippen molar-refractivity contribution in [3.05, 3.63) is 94.5 Å². The van der Waals surface area contributed by atoms with Gasteiger partial charge >= 0.3 is 0 Å². The van der Waals surface area contributed by atoms with Crippen LogP contribution >= 0.6 is 0 Å². The van der Waals surface area contributed by atoms with Gasteiger partial charge in [-0.2, -0.15) is 14.9 Å². The summed E-state index contributed by atoms with van der Waals surface area (Å²) in [4.78, 5) is 30.0. The summed E-state index contributed by atoms with van der Waals surface area (Å²) in [5, 5.41) is 27.1. The first kappa shape index (κ1) is 26.1.